The van der Waals surface area contributed by atoms with Gasteiger partial charge >= 0.3 is 0 Å². The Morgan fingerprint density at radius 1 is 1.21 bits per heavy atom. The lowest BCUT2D eigenvalue weighted by atomic mass is 9.60. The summed E-state index contributed by atoms with van der Waals surface area (Å²) in [5, 5.41) is 16.1. The lowest BCUT2D eigenvalue weighted by Crippen LogP contribution is -2.65. The molecule has 1 aliphatic heterocycles. The van der Waals surface area contributed by atoms with Gasteiger partial charge in [-0.2, -0.15) is 0 Å². The highest BCUT2D eigenvalue weighted by molar-refractivity contribution is 5.80. The quantitative estimate of drug-likeness (QED) is 0.417. The fourth-order valence-corrected chi connectivity index (χ4v) is 5.63. The molecular formula is C22H38N6O. The molecule has 2 N–H and O–H groups in total. The van der Waals surface area contributed by atoms with Crippen molar-refractivity contribution < 1.29 is 4.74 Å². The Labute approximate surface area is 175 Å². The summed E-state index contributed by atoms with van der Waals surface area (Å²) in [5.41, 5.74) is 0.326. The normalized spacial score (nSPS) is 26.1. The minimum absolute atomic E-state index is 0.326. The molecule has 2 saturated carbocycles. The van der Waals surface area contributed by atoms with E-state index in [2.05, 4.69) is 37.3 Å². The van der Waals surface area contributed by atoms with Gasteiger partial charge in [-0.15, -0.1) is 10.2 Å². The van der Waals surface area contributed by atoms with Gasteiger partial charge in [0, 0.05) is 51.0 Å². The van der Waals surface area contributed by atoms with Gasteiger partial charge in [0.1, 0.15) is 11.6 Å². The van der Waals surface area contributed by atoms with Crippen molar-refractivity contribution in [1.82, 2.24) is 25.4 Å². The molecule has 4 rings (SSSR count). The highest BCUT2D eigenvalue weighted by atomic mass is 16.5. The van der Waals surface area contributed by atoms with Crippen LogP contribution >= 0.6 is 0 Å². The van der Waals surface area contributed by atoms with Gasteiger partial charge < -0.3 is 19.9 Å². The lowest BCUT2D eigenvalue weighted by Gasteiger charge is -2.54. The van der Waals surface area contributed by atoms with Crippen molar-refractivity contribution in [3.05, 3.63) is 11.6 Å². The summed E-state index contributed by atoms with van der Waals surface area (Å²) >= 11 is 0. The maximum atomic E-state index is 6.04. The first-order chi connectivity index (χ1) is 14.3. The molecule has 2 unspecified atom stereocenters. The van der Waals surface area contributed by atoms with E-state index in [1.807, 2.05) is 7.05 Å². The maximum Gasteiger partial charge on any atom is 0.191 e. The molecule has 1 spiro atoms. The molecule has 1 aromatic heterocycles. The second-order valence-electron chi connectivity index (χ2n) is 8.91. The Kier molecular flexibility index (Phi) is 6.73. The molecule has 0 saturated heterocycles. The zero-order valence-corrected chi connectivity index (χ0v) is 18.3. The number of aromatic nitrogens is 3. The number of hydrogen-bond acceptors (Lipinski definition) is 4. The number of nitrogens with zero attached hydrogens (tertiary/aromatic N) is 4. The number of rotatable bonds is 7. The van der Waals surface area contributed by atoms with Crippen molar-refractivity contribution in [1.29, 1.82) is 0 Å². The Balaban J connectivity index is 1.24. The first-order valence-electron chi connectivity index (χ1n) is 11.8. The zero-order chi connectivity index (χ0) is 20.1. The smallest absolute Gasteiger partial charge is 0.191 e. The summed E-state index contributed by atoms with van der Waals surface area (Å²) in [6, 6.07) is 0.486. The van der Waals surface area contributed by atoms with E-state index in [0.29, 0.717) is 17.6 Å². The van der Waals surface area contributed by atoms with Crippen LogP contribution in [0.15, 0.2) is 4.99 Å². The van der Waals surface area contributed by atoms with E-state index >= 15 is 0 Å². The second-order valence-corrected chi connectivity index (χ2v) is 8.91. The fourth-order valence-electron chi connectivity index (χ4n) is 5.63. The molecule has 29 heavy (non-hydrogen) atoms. The summed E-state index contributed by atoms with van der Waals surface area (Å²) < 4.78 is 8.39. The van der Waals surface area contributed by atoms with Crippen molar-refractivity contribution >= 4 is 5.96 Å². The van der Waals surface area contributed by atoms with Crippen LogP contribution in [-0.2, 0) is 24.1 Å². The Morgan fingerprint density at radius 3 is 2.86 bits per heavy atom. The highest BCUT2D eigenvalue weighted by Gasteiger charge is 2.56. The van der Waals surface area contributed by atoms with Crippen molar-refractivity contribution in [3.8, 4) is 0 Å². The van der Waals surface area contributed by atoms with Crippen LogP contribution in [0.1, 0.15) is 76.4 Å². The average molecular weight is 403 g/mol. The predicted octanol–water partition coefficient (Wildman–Crippen LogP) is 2.84. The summed E-state index contributed by atoms with van der Waals surface area (Å²) in [4.78, 5) is 4.47. The van der Waals surface area contributed by atoms with Crippen LogP contribution in [0, 0.1) is 5.41 Å². The minimum Gasteiger partial charge on any atom is -0.378 e. The van der Waals surface area contributed by atoms with Crippen LogP contribution in [-0.4, -0.2) is 53.1 Å². The third kappa shape index (κ3) is 4.30. The second kappa shape index (κ2) is 9.45. The number of hydrogen-bond donors (Lipinski definition) is 2. The van der Waals surface area contributed by atoms with Crippen LogP contribution in [0.4, 0.5) is 0 Å². The zero-order valence-electron chi connectivity index (χ0n) is 18.3. The van der Waals surface area contributed by atoms with Gasteiger partial charge in [0.2, 0.25) is 0 Å². The minimum atomic E-state index is 0.326. The average Bonchev–Trinajstić information content (AvgIpc) is 3.33. The van der Waals surface area contributed by atoms with Crippen LogP contribution in [0.2, 0.25) is 0 Å². The molecule has 2 heterocycles. The van der Waals surface area contributed by atoms with Crippen LogP contribution in [0.25, 0.3) is 0 Å². The number of guanidine groups is 1. The van der Waals surface area contributed by atoms with E-state index in [0.717, 1.165) is 57.2 Å². The lowest BCUT2D eigenvalue weighted by molar-refractivity contribution is -0.125. The van der Waals surface area contributed by atoms with Crippen LogP contribution in [0.5, 0.6) is 0 Å². The van der Waals surface area contributed by atoms with E-state index in [1.54, 1.807) is 0 Å². The molecule has 3 aliphatic rings. The Bertz CT molecular complexity index is 693. The van der Waals surface area contributed by atoms with Gasteiger partial charge in [0.25, 0.3) is 0 Å². The molecule has 162 valence electrons. The van der Waals surface area contributed by atoms with E-state index in [-0.39, 0.29) is 0 Å². The van der Waals surface area contributed by atoms with Gasteiger partial charge in [-0.1, -0.05) is 19.3 Å². The molecule has 0 amide bonds. The highest BCUT2D eigenvalue weighted by Crippen LogP contribution is 2.54. The van der Waals surface area contributed by atoms with E-state index in [4.69, 9.17) is 4.74 Å². The molecule has 0 bridgehead atoms. The molecule has 1 aromatic rings. The molecule has 2 atom stereocenters. The van der Waals surface area contributed by atoms with Crippen molar-refractivity contribution in [3.63, 3.8) is 0 Å². The van der Waals surface area contributed by atoms with Gasteiger partial charge in [-0.3, -0.25) is 4.99 Å². The van der Waals surface area contributed by atoms with Gasteiger partial charge in [0.05, 0.1) is 6.10 Å². The van der Waals surface area contributed by atoms with E-state index in [9.17, 15) is 0 Å². The molecule has 2 aliphatic carbocycles. The fraction of sp³-hybridized carbons (Fsp3) is 0.864. The van der Waals surface area contributed by atoms with Crippen molar-refractivity contribution in [2.75, 3.05) is 20.2 Å². The molecular weight excluding hydrogens is 364 g/mol. The Hall–Kier alpha value is -1.63. The largest absolute Gasteiger partial charge is 0.378 e. The van der Waals surface area contributed by atoms with Crippen molar-refractivity contribution in [2.24, 2.45) is 10.4 Å². The summed E-state index contributed by atoms with van der Waals surface area (Å²) in [5.74, 6) is 3.25. The van der Waals surface area contributed by atoms with E-state index in [1.165, 1.54) is 50.8 Å². The van der Waals surface area contributed by atoms with Gasteiger partial charge in [0.15, 0.2) is 5.96 Å². The summed E-state index contributed by atoms with van der Waals surface area (Å²) in [6.45, 7) is 4.91. The third-order valence-electron chi connectivity index (χ3n) is 7.28. The van der Waals surface area contributed by atoms with Gasteiger partial charge in [-0.25, -0.2) is 0 Å². The number of ether oxygens (including phenoxy) is 1. The van der Waals surface area contributed by atoms with Gasteiger partial charge in [-0.05, 0) is 45.4 Å². The Morgan fingerprint density at radius 2 is 2.07 bits per heavy atom. The molecule has 7 heteroatoms. The van der Waals surface area contributed by atoms with Crippen LogP contribution in [0.3, 0.4) is 0 Å². The maximum absolute atomic E-state index is 6.04. The molecule has 0 radical (unpaired) electrons. The first-order valence-corrected chi connectivity index (χ1v) is 11.8. The van der Waals surface area contributed by atoms with Crippen LogP contribution < -0.4 is 10.6 Å². The third-order valence-corrected chi connectivity index (χ3v) is 7.28. The number of nitrogens with one attached hydrogen (secondary N) is 2. The molecule has 7 nitrogen and oxygen atoms in total. The molecule has 0 aromatic carbocycles. The van der Waals surface area contributed by atoms with Crippen molar-refractivity contribution in [2.45, 2.75) is 96.2 Å². The predicted molar refractivity (Wildman–Crippen MR) is 115 cm³/mol. The first kappa shape index (κ1) is 20.6. The summed E-state index contributed by atoms with van der Waals surface area (Å²) in [6.07, 6.45) is 13.6. The summed E-state index contributed by atoms with van der Waals surface area (Å²) in [7, 11) is 1.87. The standard InChI is InChI=1S/C22H38N6O/c1-3-29-18-16-17(22(18)12-6-7-13-22)25-21(23-2)24-14-9-11-20-27-26-19-10-5-4-8-15-28(19)20/h17-18H,3-16H2,1-2H3,(H2,23,24,25). The molecule has 2 fully saturated rings. The number of fused-ring (bicyclic) bond motifs is 1. The van der Waals surface area contributed by atoms with E-state index < -0.39 is 0 Å². The number of aliphatic imine (C=N–C) groups is 1. The number of aryl methyl sites for hydroxylation is 2. The SMILES string of the molecule is CCOC1CC(NC(=NC)NCCCc2nnc3n2CCCCC3)C12CCCC2. The topological polar surface area (TPSA) is 76.4 Å². The monoisotopic (exact) mass is 402 g/mol.